The van der Waals surface area contributed by atoms with Crippen molar-refractivity contribution in [2.75, 3.05) is 11.1 Å². The summed E-state index contributed by atoms with van der Waals surface area (Å²) >= 11 is 0. The summed E-state index contributed by atoms with van der Waals surface area (Å²) in [7, 11) is -2.39. The van der Waals surface area contributed by atoms with E-state index in [4.69, 9.17) is 0 Å². The third-order valence-electron chi connectivity index (χ3n) is 3.18. The van der Waals surface area contributed by atoms with Crippen LogP contribution in [-0.2, 0) is 10.7 Å². The molecule has 1 aliphatic rings. The van der Waals surface area contributed by atoms with Crippen molar-refractivity contribution in [2.45, 2.75) is 18.8 Å². The van der Waals surface area contributed by atoms with Crippen LogP contribution < -0.4 is 5.32 Å². The molecule has 0 spiro atoms. The first-order chi connectivity index (χ1) is 10.2. The Morgan fingerprint density at radius 2 is 2.19 bits per heavy atom. The predicted octanol–water partition coefficient (Wildman–Crippen LogP) is 2.05. The molecule has 0 bridgehead atoms. The third-order valence-corrected chi connectivity index (χ3v) is 3.69. The zero-order valence-electron chi connectivity index (χ0n) is 11.3. The van der Waals surface area contributed by atoms with Gasteiger partial charge in [0.25, 0.3) is 0 Å². The predicted molar refractivity (Wildman–Crippen MR) is 82.3 cm³/mol. The van der Waals surface area contributed by atoms with Gasteiger partial charge in [-0.3, -0.25) is 5.10 Å². The molecule has 7 heteroatoms. The molecule has 2 N–H and O–H groups in total. The van der Waals surface area contributed by atoms with Crippen molar-refractivity contribution in [1.29, 1.82) is 0 Å². The van der Waals surface area contributed by atoms with Crippen LogP contribution in [0.3, 0.4) is 0 Å². The molecule has 110 valence electrons. The van der Waals surface area contributed by atoms with E-state index in [2.05, 4.69) is 20.5 Å². The van der Waals surface area contributed by atoms with Crippen LogP contribution in [0.4, 0.5) is 11.6 Å². The summed E-state index contributed by atoms with van der Waals surface area (Å²) in [5.74, 6) is 2.08. The van der Waals surface area contributed by atoms with Gasteiger partial charge in [-0.25, -0.2) is 13.4 Å². The molecule has 0 amide bonds. The van der Waals surface area contributed by atoms with Gasteiger partial charge >= 0.3 is 0 Å². The van der Waals surface area contributed by atoms with Crippen LogP contribution in [-0.4, -0.2) is 29.4 Å². The zero-order chi connectivity index (χ0) is 14.7. The Labute approximate surface area is 124 Å². The van der Waals surface area contributed by atoms with Gasteiger partial charge in [0.15, 0.2) is 5.82 Å². The maximum absolute atomic E-state index is 10.5. The van der Waals surface area contributed by atoms with E-state index in [1.54, 1.807) is 12.2 Å². The molecule has 6 nitrogen and oxygen atoms in total. The van der Waals surface area contributed by atoms with Gasteiger partial charge in [-0.05, 0) is 31.1 Å². The van der Waals surface area contributed by atoms with Crippen LogP contribution in [0.15, 0.2) is 30.3 Å². The topological polar surface area (TPSA) is 87.7 Å². The quantitative estimate of drug-likeness (QED) is 0.711. The molecule has 1 saturated carbocycles. The van der Waals surface area contributed by atoms with Crippen molar-refractivity contribution in [1.82, 2.24) is 15.2 Å². The maximum Gasteiger partial charge on any atom is 0.153 e. The molecule has 0 aliphatic heterocycles. The van der Waals surface area contributed by atoms with Crippen LogP contribution in [0.1, 0.15) is 30.1 Å². The second kappa shape index (κ2) is 6.09. The molecule has 1 aliphatic carbocycles. The summed E-state index contributed by atoms with van der Waals surface area (Å²) in [6.07, 6.45) is 5.72. The van der Waals surface area contributed by atoms with Gasteiger partial charge in [-0.2, -0.15) is 5.10 Å². The highest BCUT2D eigenvalue weighted by atomic mass is 32.2. The lowest BCUT2D eigenvalue weighted by Gasteiger charge is -2.02. The molecule has 0 saturated heterocycles. The summed E-state index contributed by atoms with van der Waals surface area (Å²) in [5, 5.41) is 10.4. The first kappa shape index (κ1) is 13.8. The standard InChI is InChI=1S/C14H16N4O2S/c19-21(20)8-2-4-11-3-1-5-13(15-11)16-14-9-12(17-18-14)10-6-7-10/h1-5,9-10,21H,6-8H2,(H2,15,16,17,18)/b4-2+. The van der Waals surface area contributed by atoms with E-state index in [0.717, 1.165) is 11.5 Å². The number of pyridine rings is 1. The first-order valence-corrected chi connectivity index (χ1v) is 8.15. The second-order valence-electron chi connectivity index (χ2n) is 4.97. The van der Waals surface area contributed by atoms with Crippen LogP contribution in [0.5, 0.6) is 0 Å². The van der Waals surface area contributed by atoms with Crippen LogP contribution in [0.25, 0.3) is 6.08 Å². The normalized spacial score (nSPS) is 14.9. The second-order valence-corrected chi connectivity index (χ2v) is 6.00. The SMILES string of the molecule is O=[SH](=O)C/C=C/c1cccc(Nc2cc(C3CC3)[nH]n2)n1. The Morgan fingerprint density at radius 3 is 2.95 bits per heavy atom. The van der Waals surface area contributed by atoms with Gasteiger partial charge in [0.1, 0.15) is 16.5 Å². The fraction of sp³-hybridized carbons (Fsp3) is 0.286. The molecular formula is C14H16N4O2S. The number of rotatable bonds is 6. The number of hydrogen-bond donors (Lipinski definition) is 3. The van der Waals surface area contributed by atoms with Gasteiger partial charge in [-0.1, -0.05) is 12.1 Å². The van der Waals surface area contributed by atoms with Gasteiger partial charge in [0.05, 0.1) is 11.4 Å². The molecule has 1 fully saturated rings. The van der Waals surface area contributed by atoms with Crippen molar-refractivity contribution >= 4 is 28.4 Å². The monoisotopic (exact) mass is 304 g/mol. The fourth-order valence-corrected chi connectivity index (χ4v) is 2.29. The maximum atomic E-state index is 10.5. The van der Waals surface area contributed by atoms with Crippen LogP contribution >= 0.6 is 0 Å². The molecule has 0 aromatic carbocycles. The largest absolute Gasteiger partial charge is 0.323 e. The number of nitrogens with zero attached hydrogens (tertiary/aromatic N) is 2. The highest BCUT2D eigenvalue weighted by molar-refractivity contribution is 7.72. The minimum absolute atomic E-state index is 0.0266. The molecule has 2 aromatic rings. The minimum Gasteiger partial charge on any atom is -0.323 e. The van der Waals surface area contributed by atoms with Crippen molar-refractivity contribution in [3.8, 4) is 0 Å². The van der Waals surface area contributed by atoms with E-state index in [9.17, 15) is 8.42 Å². The van der Waals surface area contributed by atoms with Gasteiger partial charge < -0.3 is 5.32 Å². The van der Waals surface area contributed by atoms with E-state index in [1.807, 2.05) is 24.3 Å². The molecule has 2 heterocycles. The average molecular weight is 304 g/mol. The van der Waals surface area contributed by atoms with Crippen LogP contribution in [0, 0.1) is 0 Å². The molecule has 21 heavy (non-hydrogen) atoms. The number of hydrogen-bond acceptors (Lipinski definition) is 5. The van der Waals surface area contributed by atoms with Gasteiger partial charge in [-0.15, -0.1) is 0 Å². The number of aromatic nitrogens is 3. The number of thiol groups is 1. The Hall–Kier alpha value is -2.15. The average Bonchev–Trinajstić information content (AvgIpc) is 3.20. The number of aromatic amines is 1. The van der Waals surface area contributed by atoms with Crippen molar-refractivity contribution < 1.29 is 8.42 Å². The Morgan fingerprint density at radius 1 is 1.33 bits per heavy atom. The highest BCUT2D eigenvalue weighted by Crippen LogP contribution is 2.39. The number of nitrogens with one attached hydrogen (secondary N) is 2. The van der Waals surface area contributed by atoms with Crippen molar-refractivity contribution in [2.24, 2.45) is 0 Å². The van der Waals surface area contributed by atoms with E-state index in [0.29, 0.717) is 17.4 Å². The Kier molecular flexibility index (Phi) is 4.01. The Bertz CT molecular complexity index is 724. The van der Waals surface area contributed by atoms with E-state index in [-0.39, 0.29) is 5.75 Å². The molecule has 2 aromatic heterocycles. The van der Waals surface area contributed by atoms with Crippen molar-refractivity contribution in [3.63, 3.8) is 0 Å². The van der Waals surface area contributed by atoms with Crippen LogP contribution in [0.2, 0.25) is 0 Å². The Balaban J connectivity index is 1.68. The smallest absolute Gasteiger partial charge is 0.153 e. The number of anilines is 2. The highest BCUT2D eigenvalue weighted by Gasteiger charge is 2.25. The summed E-state index contributed by atoms with van der Waals surface area (Å²) in [6, 6.07) is 7.53. The summed E-state index contributed by atoms with van der Waals surface area (Å²) in [5.41, 5.74) is 1.86. The lowest BCUT2D eigenvalue weighted by molar-refractivity contribution is 0.617. The van der Waals surface area contributed by atoms with E-state index < -0.39 is 10.7 Å². The third kappa shape index (κ3) is 3.91. The molecule has 0 radical (unpaired) electrons. The minimum atomic E-state index is -2.39. The van der Waals surface area contributed by atoms with E-state index >= 15 is 0 Å². The van der Waals surface area contributed by atoms with Gasteiger partial charge in [0.2, 0.25) is 0 Å². The summed E-state index contributed by atoms with van der Waals surface area (Å²) < 4.78 is 21.0. The lowest BCUT2D eigenvalue weighted by Crippen LogP contribution is -1.94. The fourth-order valence-electron chi connectivity index (χ4n) is 2.01. The lowest BCUT2D eigenvalue weighted by atomic mass is 10.3. The molecule has 3 rings (SSSR count). The summed E-state index contributed by atoms with van der Waals surface area (Å²) in [6.45, 7) is 0. The molecular weight excluding hydrogens is 288 g/mol. The molecule has 0 unspecified atom stereocenters. The first-order valence-electron chi connectivity index (χ1n) is 6.78. The number of H-pyrrole nitrogens is 1. The van der Waals surface area contributed by atoms with Gasteiger partial charge in [0, 0.05) is 17.7 Å². The van der Waals surface area contributed by atoms with Crippen molar-refractivity contribution in [3.05, 3.63) is 41.7 Å². The zero-order valence-corrected chi connectivity index (χ0v) is 12.2. The molecule has 0 atom stereocenters. The summed E-state index contributed by atoms with van der Waals surface area (Å²) in [4.78, 5) is 4.39. The van der Waals surface area contributed by atoms with E-state index in [1.165, 1.54) is 12.8 Å².